The van der Waals surface area contributed by atoms with Crippen LogP contribution in [0.4, 0.5) is 0 Å². The van der Waals surface area contributed by atoms with Gasteiger partial charge in [-0.2, -0.15) is 0 Å². The molecule has 0 aromatic heterocycles. The molecule has 23 heavy (non-hydrogen) atoms. The number of aliphatic carboxylic acids is 1. The molecule has 0 radical (unpaired) electrons. The van der Waals surface area contributed by atoms with Gasteiger partial charge < -0.3 is 5.11 Å². The number of rotatable bonds is 5. The molecule has 0 unspecified atom stereocenters. The molecule has 2 aliphatic carbocycles. The van der Waals surface area contributed by atoms with Gasteiger partial charge in [-0.3, -0.25) is 9.59 Å². The van der Waals surface area contributed by atoms with Crippen LogP contribution in [0.2, 0.25) is 0 Å². The highest BCUT2D eigenvalue weighted by molar-refractivity contribution is 5.75. The fourth-order valence-electron chi connectivity index (χ4n) is 5.31. The molecule has 0 aromatic carbocycles. The molecule has 0 spiro atoms. The minimum absolute atomic E-state index is 0.0161. The molecule has 2 fully saturated rings. The fraction of sp³-hybridized carbons (Fsp3) is 0.700. The van der Waals surface area contributed by atoms with Gasteiger partial charge in [-0.05, 0) is 75.7 Å². The molecular weight excluding hydrogens is 288 g/mol. The highest BCUT2D eigenvalue weighted by Crippen LogP contribution is 2.62. The fourth-order valence-corrected chi connectivity index (χ4v) is 5.31. The number of aldehydes is 1. The van der Waals surface area contributed by atoms with Crippen LogP contribution >= 0.6 is 0 Å². The second-order valence-corrected chi connectivity index (χ2v) is 8.07. The molecule has 2 aliphatic rings. The molecule has 4 atom stereocenters. The molecular formula is C20H30O3. The second kappa shape index (κ2) is 6.62. The van der Waals surface area contributed by atoms with Crippen molar-refractivity contribution >= 4 is 12.3 Å². The second-order valence-electron chi connectivity index (χ2n) is 8.07. The number of carbonyl (C=O) groups excluding carboxylic acids is 1. The minimum atomic E-state index is -0.642. The van der Waals surface area contributed by atoms with Gasteiger partial charge in [0.25, 0.3) is 0 Å². The third-order valence-corrected chi connectivity index (χ3v) is 6.69. The molecule has 0 aromatic rings. The molecule has 3 nitrogen and oxygen atoms in total. The average Bonchev–Trinajstić information content (AvgIpc) is 2.46. The Labute approximate surface area is 139 Å². The number of carboxylic acid groups (broad SMARTS) is 1. The summed E-state index contributed by atoms with van der Waals surface area (Å²) >= 11 is 0. The smallest absolute Gasteiger partial charge is 0.309 e. The van der Waals surface area contributed by atoms with E-state index in [1.807, 2.05) is 13.8 Å². The van der Waals surface area contributed by atoms with Crippen molar-refractivity contribution in [3.05, 3.63) is 23.8 Å². The van der Waals surface area contributed by atoms with Crippen LogP contribution in [0.1, 0.15) is 65.7 Å². The van der Waals surface area contributed by atoms with Gasteiger partial charge in [0, 0.05) is 0 Å². The summed E-state index contributed by atoms with van der Waals surface area (Å²) in [5.74, 6) is -0.0703. The summed E-state index contributed by atoms with van der Waals surface area (Å²) < 4.78 is 0. The van der Waals surface area contributed by atoms with E-state index in [4.69, 9.17) is 0 Å². The Morgan fingerprint density at radius 1 is 1.39 bits per heavy atom. The van der Waals surface area contributed by atoms with Gasteiger partial charge in [-0.25, -0.2) is 0 Å². The van der Waals surface area contributed by atoms with Crippen molar-refractivity contribution in [2.45, 2.75) is 65.7 Å². The average molecular weight is 318 g/mol. The SMILES string of the molecule is C=C1CC[C@@H]2[C@](C)(CCC[C@@]2(C)C(=O)O)[C@H]1CC/C(C)=C\C=O. The van der Waals surface area contributed by atoms with Crippen LogP contribution in [-0.4, -0.2) is 17.4 Å². The number of hydrogen-bond acceptors (Lipinski definition) is 2. The predicted octanol–water partition coefficient (Wildman–Crippen LogP) is 4.78. The van der Waals surface area contributed by atoms with Crippen LogP contribution in [-0.2, 0) is 9.59 Å². The van der Waals surface area contributed by atoms with E-state index in [0.717, 1.165) is 56.8 Å². The van der Waals surface area contributed by atoms with Gasteiger partial charge >= 0.3 is 5.97 Å². The zero-order chi connectivity index (χ0) is 17.3. The van der Waals surface area contributed by atoms with Crippen LogP contribution in [0.5, 0.6) is 0 Å². The maximum atomic E-state index is 11.9. The molecule has 0 bridgehead atoms. The van der Waals surface area contributed by atoms with E-state index in [1.54, 1.807) is 6.08 Å². The lowest BCUT2D eigenvalue weighted by Gasteiger charge is -2.57. The monoisotopic (exact) mass is 318 g/mol. The third kappa shape index (κ3) is 3.15. The summed E-state index contributed by atoms with van der Waals surface area (Å²) in [7, 11) is 0. The van der Waals surface area contributed by atoms with E-state index >= 15 is 0 Å². The number of hydrogen-bond donors (Lipinski definition) is 1. The highest BCUT2D eigenvalue weighted by atomic mass is 16.4. The lowest BCUT2D eigenvalue weighted by molar-refractivity contribution is -0.164. The van der Waals surface area contributed by atoms with Crippen LogP contribution in [0.15, 0.2) is 23.8 Å². The Morgan fingerprint density at radius 2 is 2.09 bits per heavy atom. The molecule has 0 aliphatic heterocycles. The van der Waals surface area contributed by atoms with Crippen LogP contribution in [0.25, 0.3) is 0 Å². The first-order valence-corrected chi connectivity index (χ1v) is 8.77. The molecule has 1 N–H and O–H groups in total. The van der Waals surface area contributed by atoms with Crippen molar-refractivity contribution in [2.75, 3.05) is 0 Å². The lowest BCUT2D eigenvalue weighted by atomic mass is 9.46. The van der Waals surface area contributed by atoms with Gasteiger partial charge in [0.1, 0.15) is 6.29 Å². The maximum Gasteiger partial charge on any atom is 0.309 e. The van der Waals surface area contributed by atoms with E-state index < -0.39 is 11.4 Å². The maximum absolute atomic E-state index is 11.9. The van der Waals surface area contributed by atoms with Gasteiger partial charge in [0.15, 0.2) is 0 Å². The van der Waals surface area contributed by atoms with Gasteiger partial charge in [-0.15, -0.1) is 0 Å². The van der Waals surface area contributed by atoms with Crippen molar-refractivity contribution in [3.8, 4) is 0 Å². The highest BCUT2D eigenvalue weighted by Gasteiger charge is 2.57. The largest absolute Gasteiger partial charge is 0.481 e. The van der Waals surface area contributed by atoms with E-state index in [0.29, 0.717) is 5.92 Å². The Kier molecular flexibility index (Phi) is 5.17. The quantitative estimate of drug-likeness (QED) is 0.451. The first-order chi connectivity index (χ1) is 10.8. The number of allylic oxidation sites excluding steroid dienone is 3. The molecule has 128 valence electrons. The Hall–Kier alpha value is -1.38. The zero-order valence-electron chi connectivity index (χ0n) is 14.7. The molecule has 0 heterocycles. The van der Waals surface area contributed by atoms with Gasteiger partial charge in [-0.1, -0.05) is 31.1 Å². The van der Waals surface area contributed by atoms with Crippen LogP contribution in [0, 0.1) is 22.7 Å². The summed E-state index contributed by atoms with van der Waals surface area (Å²) in [6.07, 6.45) is 9.05. The summed E-state index contributed by atoms with van der Waals surface area (Å²) in [4.78, 5) is 22.6. The van der Waals surface area contributed by atoms with Crippen molar-refractivity contribution < 1.29 is 14.7 Å². The number of carbonyl (C=O) groups is 2. The number of fused-ring (bicyclic) bond motifs is 1. The summed E-state index contributed by atoms with van der Waals surface area (Å²) in [6.45, 7) is 10.5. The standard InChI is InChI=1S/C20H30O3/c1-14(10-13-21)6-8-16-15(2)7-9-17-19(16,3)11-5-12-20(17,4)18(22)23/h10,13,16-17H,2,5-9,11-12H2,1,3-4H3,(H,22,23)/b14-10-/t16-,17+,19+,20+/m0/s1. The van der Waals surface area contributed by atoms with E-state index in [-0.39, 0.29) is 11.3 Å². The van der Waals surface area contributed by atoms with Crippen LogP contribution < -0.4 is 0 Å². The topological polar surface area (TPSA) is 54.4 Å². The normalized spacial score (nSPS) is 38.0. The molecule has 2 saturated carbocycles. The molecule has 0 saturated heterocycles. The van der Waals surface area contributed by atoms with Crippen LogP contribution in [0.3, 0.4) is 0 Å². The zero-order valence-corrected chi connectivity index (χ0v) is 14.7. The predicted molar refractivity (Wildman–Crippen MR) is 92.1 cm³/mol. The number of carboxylic acids is 1. The summed E-state index contributed by atoms with van der Waals surface area (Å²) in [5.41, 5.74) is 1.77. The summed E-state index contributed by atoms with van der Waals surface area (Å²) in [5, 5.41) is 9.82. The Bertz CT molecular complexity index is 533. The van der Waals surface area contributed by atoms with E-state index in [1.165, 1.54) is 5.57 Å². The Morgan fingerprint density at radius 3 is 2.70 bits per heavy atom. The van der Waals surface area contributed by atoms with E-state index in [9.17, 15) is 14.7 Å². The Balaban J connectivity index is 2.27. The minimum Gasteiger partial charge on any atom is -0.481 e. The van der Waals surface area contributed by atoms with Gasteiger partial charge in [0.2, 0.25) is 0 Å². The van der Waals surface area contributed by atoms with Crippen molar-refractivity contribution in [1.29, 1.82) is 0 Å². The van der Waals surface area contributed by atoms with Crippen molar-refractivity contribution in [2.24, 2.45) is 22.7 Å². The molecule has 0 amide bonds. The molecule has 2 rings (SSSR count). The van der Waals surface area contributed by atoms with Crippen molar-refractivity contribution in [3.63, 3.8) is 0 Å². The van der Waals surface area contributed by atoms with Crippen molar-refractivity contribution in [1.82, 2.24) is 0 Å². The van der Waals surface area contributed by atoms with Gasteiger partial charge in [0.05, 0.1) is 5.41 Å². The first-order valence-electron chi connectivity index (χ1n) is 8.77. The lowest BCUT2D eigenvalue weighted by Crippen LogP contribution is -2.53. The first kappa shape index (κ1) is 18.0. The van der Waals surface area contributed by atoms with E-state index in [2.05, 4.69) is 13.5 Å². The summed E-state index contributed by atoms with van der Waals surface area (Å²) in [6, 6.07) is 0. The molecule has 3 heteroatoms. The third-order valence-electron chi connectivity index (χ3n) is 6.69.